The smallest absolute Gasteiger partial charge is 0.238 e. The first-order valence-corrected chi connectivity index (χ1v) is 7.61. The summed E-state index contributed by atoms with van der Waals surface area (Å²) >= 11 is 0. The number of rotatable bonds is 6. The third kappa shape index (κ3) is 3.24. The van der Waals surface area contributed by atoms with E-state index in [1.807, 2.05) is 0 Å². The van der Waals surface area contributed by atoms with E-state index in [0.29, 0.717) is 29.9 Å². The molecule has 6 nitrogen and oxygen atoms in total. The maximum absolute atomic E-state index is 11.6. The van der Waals surface area contributed by atoms with Gasteiger partial charge in [-0.3, -0.25) is 4.98 Å². The summed E-state index contributed by atoms with van der Waals surface area (Å²) in [7, 11) is -2.17. The minimum absolute atomic E-state index is 0.0461. The Morgan fingerprint density at radius 2 is 2.05 bits per heavy atom. The molecular weight excluding hydrogens is 280 g/mol. The first-order valence-electron chi connectivity index (χ1n) is 6.06. The van der Waals surface area contributed by atoms with Crippen LogP contribution in [0.1, 0.15) is 6.42 Å². The highest BCUT2D eigenvalue weighted by Crippen LogP contribution is 2.28. The molecule has 2 rings (SSSR count). The van der Waals surface area contributed by atoms with Crippen LogP contribution in [0, 0.1) is 0 Å². The zero-order valence-electron chi connectivity index (χ0n) is 11.1. The summed E-state index contributed by atoms with van der Waals surface area (Å²) in [5, 5.41) is 5.66. The Kier molecular flexibility index (Phi) is 4.53. The fraction of sp³-hybridized carbons (Fsp3) is 0.308. The molecule has 0 saturated heterocycles. The Hall–Kier alpha value is -1.70. The van der Waals surface area contributed by atoms with Crippen molar-refractivity contribution in [2.24, 2.45) is 5.14 Å². The van der Waals surface area contributed by atoms with Gasteiger partial charge in [0.05, 0.1) is 11.5 Å². The minimum atomic E-state index is -3.79. The standard InChI is InChI=1S/C13H16N2O4S/c1-18-8-3-9-19-11-5-6-12(20(14,16)17)10-4-2-7-15-13(10)11/h2,4-7H,3,8-9H2,1H3,(H2,14,16,17). The van der Waals surface area contributed by atoms with E-state index in [9.17, 15) is 8.42 Å². The number of methoxy groups -OCH3 is 1. The molecule has 0 fully saturated rings. The van der Waals surface area contributed by atoms with E-state index in [2.05, 4.69) is 4.98 Å². The van der Waals surface area contributed by atoms with Crippen LogP contribution in [0.3, 0.4) is 0 Å². The van der Waals surface area contributed by atoms with Gasteiger partial charge in [0.25, 0.3) is 0 Å². The van der Waals surface area contributed by atoms with Crippen molar-refractivity contribution in [2.75, 3.05) is 20.3 Å². The average molecular weight is 296 g/mol. The van der Waals surface area contributed by atoms with Crippen LogP contribution < -0.4 is 9.88 Å². The number of ether oxygens (including phenoxy) is 2. The predicted molar refractivity (Wildman–Crippen MR) is 75.1 cm³/mol. The Bertz CT molecular complexity index is 701. The number of sulfonamides is 1. The summed E-state index contributed by atoms with van der Waals surface area (Å²) in [5.41, 5.74) is 0.483. The van der Waals surface area contributed by atoms with Gasteiger partial charge in [-0.2, -0.15) is 0 Å². The summed E-state index contributed by atoms with van der Waals surface area (Å²) in [5.74, 6) is 0.532. The normalized spacial score (nSPS) is 11.7. The van der Waals surface area contributed by atoms with Gasteiger partial charge in [-0.25, -0.2) is 13.6 Å². The fourth-order valence-corrected chi connectivity index (χ4v) is 2.60. The minimum Gasteiger partial charge on any atom is -0.491 e. The lowest BCUT2D eigenvalue weighted by atomic mass is 10.2. The fourth-order valence-electron chi connectivity index (χ4n) is 1.87. The second-order valence-electron chi connectivity index (χ2n) is 4.20. The van der Waals surface area contributed by atoms with Crippen molar-refractivity contribution >= 4 is 20.9 Å². The first-order chi connectivity index (χ1) is 9.54. The van der Waals surface area contributed by atoms with Crippen molar-refractivity contribution < 1.29 is 17.9 Å². The number of fused-ring (bicyclic) bond motifs is 1. The summed E-state index contributed by atoms with van der Waals surface area (Å²) < 4.78 is 33.7. The monoisotopic (exact) mass is 296 g/mol. The van der Waals surface area contributed by atoms with Crippen LogP contribution in [-0.4, -0.2) is 33.7 Å². The topological polar surface area (TPSA) is 91.5 Å². The second kappa shape index (κ2) is 6.17. The molecule has 0 aliphatic heterocycles. The van der Waals surface area contributed by atoms with E-state index in [4.69, 9.17) is 14.6 Å². The molecule has 0 bridgehead atoms. The number of benzene rings is 1. The molecule has 2 aromatic rings. The van der Waals surface area contributed by atoms with Gasteiger partial charge in [0.15, 0.2) is 0 Å². The van der Waals surface area contributed by atoms with E-state index in [1.165, 1.54) is 6.07 Å². The second-order valence-corrected chi connectivity index (χ2v) is 5.73. The van der Waals surface area contributed by atoms with Gasteiger partial charge in [0, 0.05) is 31.7 Å². The highest BCUT2D eigenvalue weighted by Gasteiger charge is 2.15. The predicted octanol–water partition coefficient (Wildman–Crippen LogP) is 1.30. The Morgan fingerprint density at radius 1 is 1.25 bits per heavy atom. The number of primary sulfonamides is 1. The molecule has 20 heavy (non-hydrogen) atoms. The summed E-state index contributed by atoms with van der Waals surface area (Å²) in [6.45, 7) is 1.06. The summed E-state index contributed by atoms with van der Waals surface area (Å²) in [6, 6.07) is 6.32. The van der Waals surface area contributed by atoms with Crippen molar-refractivity contribution in [3.05, 3.63) is 30.5 Å². The molecule has 108 valence electrons. The van der Waals surface area contributed by atoms with Crippen LogP contribution in [-0.2, 0) is 14.8 Å². The lowest BCUT2D eigenvalue weighted by Crippen LogP contribution is -2.13. The van der Waals surface area contributed by atoms with Gasteiger partial charge in [-0.05, 0) is 24.3 Å². The number of nitrogens with zero attached hydrogens (tertiary/aromatic N) is 1. The van der Waals surface area contributed by atoms with Crippen LogP contribution in [0.2, 0.25) is 0 Å². The van der Waals surface area contributed by atoms with Crippen molar-refractivity contribution in [1.29, 1.82) is 0 Å². The van der Waals surface area contributed by atoms with E-state index >= 15 is 0 Å². The van der Waals surface area contributed by atoms with Crippen molar-refractivity contribution in [3.63, 3.8) is 0 Å². The zero-order valence-corrected chi connectivity index (χ0v) is 11.9. The van der Waals surface area contributed by atoms with Crippen LogP contribution >= 0.6 is 0 Å². The van der Waals surface area contributed by atoms with Gasteiger partial charge < -0.3 is 9.47 Å². The van der Waals surface area contributed by atoms with Gasteiger partial charge in [-0.15, -0.1) is 0 Å². The molecule has 0 spiro atoms. The van der Waals surface area contributed by atoms with E-state index in [-0.39, 0.29) is 4.90 Å². The Labute approximate surface area is 117 Å². The third-order valence-corrected chi connectivity index (χ3v) is 3.72. The number of hydrogen-bond acceptors (Lipinski definition) is 5. The quantitative estimate of drug-likeness (QED) is 0.811. The highest BCUT2D eigenvalue weighted by atomic mass is 32.2. The molecular formula is C13H16N2O4S. The molecule has 1 aromatic carbocycles. The van der Waals surface area contributed by atoms with Crippen molar-refractivity contribution in [3.8, 4) is 5.75 Å². The van der Waals surface area contributed by atoms with Crippen LogP contribution in [0.15, 0.2) is 35.4 Å². The SMILES string of the molecule is COCCCOc1ccc(S(N)(=O)=O)c2cccnc12. The van der Waals surface area contributed by atoms with Crippen LogP contribution in [0.4, 0.5) is 0 Å². The highest BCUT2D eigenvalue weighted by molar-refractivity contribution is 7.89. The summed E-state index contributed by atoms with van der Waals surface area (Å²) in [6.07, 6.45) is 2.32. The molecule has 0 amide bonds. The third-order valence-electron chi connectivity index (χ3n) is 2.75. The molecule has 0 radical (unpaired) electrons. The maximum atomic E-state index is 11.6. The number of pyridine rings is 1. The first kappa shape index (κ1) is 14.7. The molecule has 0 atom stereocenters. The zero-order chi connectivity index (χ0) is 14.6. The van der Waals surface area contributed by atoms with Gasteiger partial charge in [0.1, 0.15) is 11.3 Å². The van der Waals surface area contributed by atoms with Crippen LogP contribution in [0.25, 0.3) is 10.9 Å². The largest absolute Gasteiger partial charge is 0.491 e. The number of nitrogens with two attached hydrogens (primary N) is 1. The van der Waals surface area contributed by atoms with Gasteiger partial charge in [0.2, 0.25) is 10.0 Å². The van der Waals surface area contributed by atoms with Gasteiger partial charge in [-0.1, -0.05) is 0 Å². The number of hydrogen-bond donors (Lipinski definition) is 1. The van der Waals surface area contributed by atoms with Crippen molar-refractivity contribution in [1.82, 2.24) is 4.98 Å². The Balaban J connectivity index is 2.39. The Morgan fingerprint density at radius 3 is 2.75 bits per heavy atom. The molecule has 1 heterocycles. The van der Waals surface area contributed by atoms with E-state index in [1.54, 1.807) is 31.5 Å². The van der Waals surface area contributed by atoms with Crippen LogP contribution in [0.5, 0.6) is 5.75 Å². The van der Waals surface area contributed by atoms with Crippen molar-refractivity contribution in [2.45, 2.75) is 11.3 Å². The van der Waals surface area contributed by atoms with E-state index < -0.39 is 10.0 Å². The molecule has 0 unspecified atom stereocenters. The molecule has 0 saturated carbocycles. The van der Waals surface area contributed by atoms with E-state index in [0.717, 1.165) is 6.42 Å². The summed E-state index contributed by atoms with van der Waals surface area (Å²) in [4.78, 5) is 4.22. The average Bonchev–Trinajstić information content (AvgIpc) is 2.42. The maximum Gasteiger partial charge on any atom is 0.238 e. The number of aromatic nitrogens is 1. The molecule has 2 N–H and O–H groups in total. The lowest BCUT2D eigenvalue weighted by Gasteiger charge is -2.10. The molecule has 0 aliphatic rings. The molecule has 1 aromatic heterocycles. The molecule has 0 aliphatic carbocycles. The molecule has 7 heteroatoms. The van der Waals surface area contributed by atoms with Gasteiger partial charge >= 0.3 is 0 Å². The lowest BCUT2D eigenvalue weighted by molar-refractivity contribution is 0.172.